The summed E-state index contributed by atoms with van der Waals surface area (Å²) in [5.74, 6) is -0.514. The third kappa shape index (κ3) is 3.42. The fourth-order valence-corrected chi connectivity index (χ4v) is 7.07. The molecule has 1 aliphatic rings. The van der Waals surface area contributed by atoms with E-state index >= 15 is 0 Å². The zero-order valence-corrected chi connectivity index (χ0v) is 18.2. The first-order valence-corrected chi connectivity index (χ1v) is 11.3. The van der Waals surface area contributed by atoms with E-state index in [9.17, 15) is 9.00 Å². The van der Waals surface area contributed by atoms with Crippen LogP contribution in [0.5, 0.6) is 0 Å². The second-order valence-electron chi connectivity index (χ2n) is 7.37. The number of rotatable bonds is 8. The van der Waals surface area contributed by atoms with Crippen LogP contribution in [0.4, 0.5) is 0 Å². The Balaban J connectivity index is 1.96. The molecule has 1 fully saturated rings. The van der Waals surface area contributed by atoms with Gasteiger partial charge in [0.15, 0.2) is 0 Å². The molecule has 0 amide bonds. The van der Waals surface area contributed by atoms with E-state index in [0.29, 0.717) is 24.2 Å². The van der Waals surface area contributed by atoms with Crippen LogP contribution in [0.15, 0.2) is 59.5 Å². The van der Waals surface area contributed by atoms with E-state index in [0.717, 1.165) is 11.1 Å². The zero-order chi connectivity index (χ0) is 20.4. The summed E-state index contributed by atoms with van der Waals surface area (Å²) in [5.41, 5.74) is 1.28. The minimum Gasteiger partial charge on any atom is -0.465 e. The maximum Gasteiger partial charge on any atom is 0.315 e. The largest absolute Gasteiger partial charge is 0.465 e. The Morgan fingerprint density at radius 2 is 1.75 bits per heavy atom. The lowest BCUT2D eigenvalue weighted by molar-refractivity contribution is -0.150. The molecule has 3 rings (SSSR count). The minimum absolute atomic E-state index is 0.188. The van der Waals surface area contributed by atoms with Crippen LogP contribution < -0.4 is 0 Å². The van der Waals surface area contributed by atoms with Crippen LogP contribution in [0.3, 0.4) is 0 Å². The summed E-state index contributed by atoms with van der Waals surface area (Å²) in [7, 11) is -1.51. The highest BCUT2D eigenvalue weighted by Gasteiger charge is 2.82. The Kier molecular flexibility index (Phi) is 6.31. The molecule has 0 saturated heterocycles. The fourth-order valence-electron chi connectivity index (χ4n) is 4.26. The Hall–Kier alpha value is -1.65. The molecule has 5 heteroatoms. The number of carbonyl (C=O) groups excluding carboxylic acids is 1. The first kappa shape index (κ1) is 21.1. The van der Waals surface area contributed by atoms with Crippen molar-refractivity contribution in [1.82, 2.24) is 0 Å². The van der Waals surface area contributed by atoms with E-state index in [-0.39, 0.29) is 18.5 Å². The first-order valence-electron chi connectivity index (χ1n) is 9.80. The van der Waals surface area contributed by atoms with Gasteiger partial charge in [0.05, 0.1) is 17.4 Å². The minimum atomic E-state index is -1.51. The summed E-state index contributed by atoms with van der Waals surface area (Å²) < 4.78 is 17.8. The summed E-state index contributed by atoms with van der Waals surface area (Å²) in [4.78, 5) is 13.7. The van der Waals surface area contributed by atoms with Gasteiger partial charge in [0, 0.05) is 10.8 Å². The van der Waals surface area contributed by atoms with Gasteiger partial charge in [-0.15, -0.1) is 11.6 Å². The number of carbonyl (C=O) groups is 1. The molecule has 1 unspecified atom stereocenters. The van der Waals surface area contributed by atoms with Crippen molar-refractivity contribution in [2.24, 2.45) is 11.3 Å². The smallest absolute Gasteiger partial charge is 0.315 e. The van der Waals surface area contributed by atoms with Crippen molar-refractivity contribution in [1.29, 1.82) is 0 Å². The zero-order valence-electron chi connectivity index (χ0n) is 16.6. The van der Waals surface area contributed by atoms with Gasteiger partial charge in [0.1, 0.15) is 9.62 Å². The first-order chi connectivity index (χ1) is 13.4. The van der Waals surface area contributed by atoms with Crippen molar-refractivity contribution in [3.8, 4) is 0 Å². The number of alkyl halides is 1. The van der Waals surface area contributed by atoms with E-state index < -0.39 is 20.4 Å². The highest BCUT2D eigenvalue weighted by Crippen LogP contribution is 2.73. The lowest BCUT2D eigenvalue weighted by Gasteiger charge is -2.20. The van der Waals surface area contributed by atoms with Gasteiger partial charge >= 0.3 is 5.97 Å². The maximum absolute atomic E-state index is 13.5. The van der Waals surface area contributed by atoms with E-state index in [1.807, 2.05) is 68.4 Å². The monoisotopic (exact) mass is 418 g/mol. The van der Waals surface area contributed by atoms with Crippen LogP contribution >= 0.6 is 11.6 Å². The molecule has 0 radical (unpaired) electrons. The molecule has 0 heterocycles. The van der Waals surface area contributed by atoms with Gasteiger partial charge in [-0.05, 0) is 50.8 Å². The molecule has 0 aromatic heterocycles. The molecule has 1 saturated carbocycles. The van der Waals surface area contributed by atoms with Crippen molar-refractivity contribution in [3.63, 3.8) is 0 Å². The molecule has 0 N–H and O–H groups in total. The van der Waals surface area contributed by atoms with Crippen molar-refractivity contribution < 1.29 is 13.7 Å². The highest BCUT2D eigenvalue weighted by atomic mass is 35.5. The Labute approximate surface area is 174 Å². The molecule has 3 nitrogen and oxygen atoms in total. The Morgan fingerprint density at radius 3 is 2.32 bits per heavy atom. The molecule has 28 heavy (non-hydrogen) atoms. The Morgan fingerprint density at radius 1 is 1.11 bits per heavy atom. The van der Waals surface area contributed by atoms with Gasteiger partial charge in [-0.25, -0.2) is 0 Å². The summed E-state index contributed by atoms with van der Waals surface area (Å²) in [6, 6.07) is 17.5. The summed E-state index contributed by atoms with van der Waals surface area (Å²) >= 11 is 7.05. The molecule has 150 valence electrons. The van der Waals surface area contributed by atoms with Gasteiger partial charge in [-0.1, -0.05) is 55.0 Å². The molecular formula is C23H27ClO3S. The van der Waals surface area contributed by atoms with Crippen molar-refractivity contribution in [2.75, 3.05) is 6.61 Å². The predicted octanol–water partition coefficient (Wildman–Crippen LogP) is 5.26. The molecule has 2 aromatic carbocycles. The molecule has 0 bridgehead atoms. The van der Waals surface area contributed by atoms with Crippen LogP contribution in [-0.4, -0.2) is 21.0 Å². The normalized spacial score (nSPS) is 27.2. The number of benzene rings is 2. The second-order valence-corrected chi connectivity index (χ2v) is 9.84. The third-order valence-corrected chi connectivity index (χ3v) is 8.68. The highest BCUT2D eigenvalue weighted by molar-refractivity contribution is 7.88. The maximum atomic E-state index is 13.5. The average Bonchev–Trinajstić information content (AvgIpc) is 3.27. The van der Waals surface area contributed by atoms with Crippen LogP contribution in [0.25, 0.3) is 0 Å². The van der Waals surface area contributed by atoms with Crippen LogP contribution in [0.2, 0.25) is 0 Å². The van der Waals surface area contributed by atoms with E-state index in [2.05, 4.69) is 0 Å². The van der Waals surface area contributed by atoms with Crippen LogP contribution in [-0.2, 0) is 26.8 Å². The standard InChI is InChI=1S/C23H27ClO3S/c1-4-20-22(21(25)27-5-2,16-15-18-9-7-6-8-10-18)23(20,24)28(26)19-13-11-17(3)12-14-19/h6-14,20H,4-5,15-16H2,1-3H3/t20-,22+,23+,28?/m1/s1. The fraction of sp³-hybridized carbons (Fsp3) is 0.435. The van der Waals surface area contributed by atoms with E-state index in [4.69, 9.17) is 16.3 Å². The van der Waals surface area contributed by atoms with Gasteiger partial charge in [0.25, 0.3) is 0 Å². The van der Waals surface area contributed by atoms with Crippen molar-refractivity contribution in [3.05, 3.63) is 65.7 Å². The molecule has 1 aliphatic carbocycles. The van der Waals surface area contributed by atoms with Crippen molar-refractivity contribution in [2.45, 2.75) is 49.1 Å². The number of aryl methyl sites for hydroxylation is 2. The summed E-state index contributed by atoms with van der Waals surface area (Å²) in [6.45, 7) is 6.06. The molecule has 0 aliphatic heterocycles. The number of hydrogen-bond acceptors (Lipinski definition) is 3. The number of ether oxygens (including phenoxy) is 1. The number of hydrogen-bond donors (Lipinski definition) is 0. The molecule has 4 atom stereocenters. The molecular weight excluding hydrogens is 392 g/mol. The Bertz CT molecular complexity index is 852. The van der Waals surface area contributed by atoms with Gasteiger partial charge in [0.2, 0.25) is 0 Å². The van der Waals surface area contributed by atoms with Crippen LogP contribution in [0.1, 0.15) is 37.8 Å². The number of halogens is 1. The number of esters is 1. The summed E-state index contributed by atoms with van der Waals surface area (Å²) in [6.07, 6.45) is 1.89. The SMILES string of the molecule is CCOC(=O)[C@]1(CCc2ccccc2)[C@@H](CC)[C@]1(Cl)S(=O)c1ccc(C)cc1. The van der Waals surface area contributed by atoms with Gasteiger partial charge in [-0.3, -0.25) is 9.00 Å². The third-order valence-electron chi connectivity index (χ3n) is 5.77. The quantitative estimate of drug-likeness (QED) is 0.433. The lowest BCUT2D eigenvalue weighted by Crippen LogP contribution is -2.30. The topological polar surface area (TPSA) is 43.4 Å². The van der Waals surface area contributed by atoms with Crippen LogP contribution in [0, 0.1) is 18.3 Å². The van der Waals surface area contributed by atoms with E-state index in [1.165, 1.54) is 0 Å². The lowest BCUT2D eigenvalue weighted by atomic mass is 9.93. The predicted molar refractivity (Wildman–Crippen MR) is 114 cm³/mol. The summed E-state index contributed by atoms with van der Waals surface area (Å²) in [5, 5.41) is 0. The van der Waals surface area contributed by atoms with Gasteiger partial charge in [-0.2, -0.15) is 0 Å². The average molecular weight is 419 g/mol. The molecule has 0 spiro atoms. The molecule has 2 aromatic rings. The van der Waals surface area contributed by atoms with Gasteiger partial charge < -0.3 is 4.74 Å². The van der Waals surface area contributed by atoms with Crippen molar-refractivity contribution >= 4 is 28.4 Å². The van der Waals surface area contributed by atoms with E-state index in [1.54, 1.807) is 6.92 Å². The second kappa shape index (κ2) is 8.38.